The van der Waals surface area contributed by atoms with E-state index in [9.17, 15) is 9.59 Å². The summed E-state index contributed by atoms with van der Waals surface area (Å²) in [7, 11) is 0. The molecule has 36 heavy (non-hydrogen) atoms. The Hall–Kier alpha value is -3.79. The molecule has 0 spiro atoms. The molecule has 0 bridgehead atoms. The Bertz CT molecular complexity index is 1230. The zero-order chi connectivity index (χ0) is 25.5. The number of hydrogen-bond donors (Lipinski definition) is 1. The van der Waals surface area contributed by atoms with E-state index in [2.05, 4.69) is 11.6 Å². The minimum absolute atomic E-state index is 0.0380. The highest BCUT2D eigenvalue weighted by molar-refractivity contribution is 5.66. The van der Waals surface area contributed by atoms with Gasteiger partial charge in [-0.1, -0.05) is 66.7 Å². The van der Waals surface area contributed by atoms with Crippen molar-refractivity contribution < 1.29 is 23.7 Å². The lowest BCUT2D eigenvalue weighted by Crippen LogP contribution is -2.48. The van der Waals surface area contributed by atoms with E-state index in [-0.39, 0.29) is 19.0 Å². The van der Waals surface area contributed by atoms with Gasteiger partial charge in [0.1, 0.15) is 17.5 Å². The van der Waals surface area contributed by atoms with Gasteiger partial charge in [-0.25, -0.2) is 4.79 Å². The minimum Gasteiger partial charge on any atom is -0.455 e. The van der Waals surface area contributed by atoms with Crippen LogP contribution in [0.2, 0.25) is 0 Å². The van der Waals surface area contributed by atoms with Crippen LogP contribution in [0.15, 0.2) is 90.4 Å². The molecule has 9 nitrogen and oxygen atoms in total. The van der Waals surface area contributed by atoms with E-state index in [4.69, 9.17) is 24.7 Å². The molecular formula is C27H29N3O6. The molecule has 2 N–H and O–H groups in total. The number of carbonyl (C=O) groups is 1. The Morgan fingerprint density at radius 1 is 1.11 bits per heavy atom. The standard InChI is InChI=1S/C27H29N3O6/c1-3-27(18-33-16-20-10-6-4-7-11-20)24(34-17-21-12-8-5-9-13-21)23(35-19(2)31)25(36-27)30-15-14-22(28)29-26(30)32/h3-15,23-25H,1,16-18H2,2H3,(H2,28,29,32). The van der Waals surface area contributed by atoms with Crippen molar-refractivity contribution in [2.75, 3.05) is 12.3 Å². The molecule has 0 amide bonds. The fourth-order valence-electron chi connectivity index (χ4n) is 4.17. The van der Waals surface area contributed by atoms with Gasteiger partial charge >= 0.3 is 11.7 Å². The summed E-state index contributed by atoms with van der Waals surface area (Å²) < 4.78 is 25.6. The fourth-order valence-corrected chi connectivity index (χ4v) is 4.17. The molecule has 1 aromatic heterocycles. The molecule has 4 unspecified atom stereocenters. The summed E-state index contributed by atoms with van der Waals surface area (Å²) in [5, 5.41) is 0. The summed E-state index contributed by atoms with van der Waals surface area (Å²) in [4.78, 5) is 28.6. The number of esters is 1. The lowest BCUT2D eigenvalue weighted by atomic mass is 9.95. The first-order valence-corrected chi connectivity index (χ1v) is 11.5. The normalized spacial score (nSPS) is 23.3. The third-order valence-corrected chi connectivity index (χ3v) is 5.89. The number of aromatic nitrogens is 2. The minimum atomic E-state index is -1.24. The average Bonchev–Trinajstić information content (AvgIpc) is 3.16. The largest absolute Gasteiger partial charge is 0.455 e. The highest BCUT2D eigenvalue weighted by Gasteiger charge is 2.57. The highest BCUT2D eigenvalue weighted by Crippen LogP contribution is 2.42. The topological polar surface area (TPSA) is 115 Å². The average molecular weight is 492 g/mol. The van der Waals surface area contributed by atoms with E-state index in [1.54, 1.807) is 6.08 Å². The van der Waals surface area contributed by atoms with Gasteiger partial charge in [-0.2, -0.15) is 4.98 Å². The van der Waals surface area contributed by atoms with Gasteiger partial charge in [0.05, 0.1) is 19.8 Å². The second kappa shape index (κ2) is 11.3. The van der Waals surface area contributed by atoms with Crippen molar-refractivity contribution in [3.63, 3.8) is 0 Å². The van der Waals surface area contributed by atoms with Gasteiger partial charge in [0.2, 0.25) is 0 Å². The van der Waals surface area contributed by atoms with Crippen LogP contribution in [0.25, 0.3) is 0 Å². The van der Waals surface area contributed by atoms with Crippen molar-refractivity contribution in [2.45, 2.75) is 44.2 Å². The molecule has 1 aliphatic heterocycles. The molecule has 4 rings (SSSR count). The lowest BCUT2D eigenvalue weighted by Gasteiger charge is -2.32. The number of benzene rings is 2. The predicted molar refractivity (Wildman–Crippen MR) is 133 cm³/mol. The van der Waals surface area contributed by atoms with Crippen molar-refractivity contribution >= 4 is 11.8 Å². The molecule has 2 heterocycles. The van der Waals surface area contributed by atoms with E-state index >= 15 is 0 Å². The maximum Gasteiger partial charge on any atom is 0.351 e. The van der Waals surface area contributed by atoms with Crippen LogP contribution in [0, 0.1) is 0 Å². The Morgan fingerprint density at radius 2 is 1.75 bits per heavy atom. The zero-order valence-corrected chi connectivity index (χ0v) is 20.0. The number of rotatable bonds is 10. The van der Waals surface area contributed by atoms with E-state index in [0.29, 0.717) is 6.61 Å². The smallest absolute Gasteiger partial charge is 0.351 e. The molecule has 0 saturated carbocycles. The number of nitrogen functional groups attached to an aromatic ring is 1. The van der Waals surface area contributed by atoms with Gasteiger partial charge in [-0.15, -0.1) is 6.58 Å². The molecule has 3 aromatic rings. The second-order valence-corrected chi connectivity index (χ2v) is 8.48. The van der Waals surface area contributed by atoms with Gasteiger partial charge in [0.25, 0.3) is 0 Å². The van der Waals surface area contributed by atoms with Gasteiger partial charge in [0, 0.05) is 13.1 Å². The van der Waals surface area contributed by atoms with Crippen LogP contribution in [-0.2, 0) is 37.0 Å². The van der Waals surface area contributed by atoms with Crippen LogP contribution in [0.4, 0.5) is 5.82 Å². The van der Waals surface area contributed by atoms with Gasteiger partial charge in [0.15, 0.2) is 12.3 Å². The number of hydrogen-bond acceptors (Lipinski definition) is 8. The predicted octanol–water partition coefficient (Wildman–Crippen LogP) is 3.01. The first-order valence-electron chi connectivity index (χ1n) is 11.5. The zero-order valence-electron chi connectivity index (χ0n) is 20.0. The summed E-state index contributed by atoms with van der Waals surface area (Å²) in [5.74, 6) is -0.486. The monoisotopic (exact) mass is 491 g/mol. The Morgan fingerprint density at radius 3 is 2.33 bits per heavy atom. The third kappa shape index (κ3) is 5.71. The Balaban J connectivity index is 1.68. The number of nitrogens with two attached hydrogens (primary N) is 1. The lowest BCUT2D eigenvalue weighted by molar-refractivity contribution is -0.158. The number of anilines is 1. The summed E-state index contributed by atoms with van der Waals surface area (Å²) in [6, 6.07) is 20.7. The molecule has 4 atom stereocenters. The van der Waals surface area contributed by atoms with Crippen LogP contribution in [-0.4, -0.2) is 39.9 Å². The van der Waals surface area contributed by atoms with Crippen molar-refractivity contribution in [1.82, 2.24) is 9.55 Å². The fraction of sp³-hybridized carbons (Fsp3) is 0.296. The van der Waals surface area contributed by atoms with E-state index < -0.39 is 35.7 Å². The van der Waals surface area contributed by atoms with E-state index in [1.165, 1.54) is 23.8 Å². The highest BCUT2D eigenvalue weighted by atomic mass is 16.6. The summed E-state index contributed by atoms with van der Waals surface area (Å²) in [6.45, 7) is 5.83. The maximum absolute atomic E-state index is 12.7. The van der Waals surface area contributed by atoms with Crippen molar-refractivity contribution in [3.8, 4) is 0 Å². The van der Waals surface area contributed by atoms with Crippen LogP contribution in [0.3, 0.4) is 0 Å². The van der Waals surface area contributed by atoms with Gasteiger partial charge in [-0.05, 0) is 17.2 Å². The van der Waals surface area contributed by atoms with Crippen molar-refractivity contribution in [2.24, 2.45) is 0 Å². The van der Waals surface area contributed by atoms with Gasteiger partial charge < -0.3 is 24.7 Å². The van der Waals surface area contributed by atoms with Crippen molar-refractivity contribution in [1.29, 1.82) is 0 Å². The van der Waals surface area contributed by atoms with Crippen molar-refractivity contribution in [3.05, 3.63) is 107 Å². The Labute approximate surface area is 209 Å². The summed E-state index contributed by atoms with van der Waals surface area (Å²) in [6.07, 6.45) is 0.134. The SMILES string of the molecule is C=CC1(COCc2ccccc2)OC(n2ccc(N)nc2=O)C(OC(C)=O)C1OCc1ccccc1. The Kier molecular flexibility index (Phi) is 7.94. The van der Waals surface area contributed by atoms with E-state index in [0.717, 1.165) is 11.1 Å². The van der Waals surface area contributed by atoms with Crippen LogP contribution in [0.1, 0.15) is 24.3 Å². The molecular weight excluding hydrogens is 462 g/mol. The molecule has 1 aliphatic rings. The number of carbonyl (C=O) groups excluding carboxylic acids is 1. The van der Waals surface area contributed by atoms with Crippen LogP contribution < -0.4 is 11.4 Å². The number of nitrogens with zero attached hydrogens (tertiary/aromatic N) is 2. The first kappa shape index (κ1) is 25.3. The number of ether oxygens (including phenoxy) is 4. The summed E-state index contributed by atoms with van der Waals surface area (Å²) in [5.41, 5.74) is 5.67. The summed E-state index contributed by atoms with van der Waals surface area (Å²) >= 11 is 0. The third-order valence-electron chi connectivity index (χ3n) is 5.89. The molecule has 1 fully saturated rings. The molecule has 2 aromatic carbocycles. The second-order valence-electron chi connectivity index (χ2n) is 8.48. The van der Waals surface area contributed by atoms with Crippen LogP contribution in [0.5, 0.6) is 0 Å². The van der Waals surface area contributed by atoms with E-state index in [1.807, 2.05) is 60.7 Å². The molecule has 0 aliphatic carbocycles. The van der Waals surface area contributed by atoms with Crippen LogP contribution >= 0.6 is 0 Å². The molecule has 188 valence electrons. The quantitative estimate of drug-likeness (QED) is 0.340. The maximum atomic E-state index is 12.7. The first-order chi connectivity index (χ1) is 17.4. The molecule has 0 radical (unpaired) electrons. The molecule has 9 heteroatoms. The molecule has 1 saturated heterocycles. The van der Waals surface area contributed by atoms with Gasteiger partial charge in [-0.3, -0.25) is 9.36 Å².